The summed E-state index contributed by atoms with van der Waals surface area (Å²) >= 11 is 0. The fraction of sp³-hybridized carbons (Fsp3) is 0.867. The van der Waals surface area contributed by atoms with Crippen molar-refractivity contribution in [1.82, 2.24) is 10.4 Å². The number of rotatable bonds is 6. The Hall–Kier alpha value is -1.30. The van der Waals surface area contributed by atoms with Gasteiger partial charge in [-0.2, -0.15) is 0 Å². The lowest BCUT2D eigenvalue weighted by molar-refractivity contribution is -0.151. The second kappa shape index (κ2) is 8.22. The third-order valence-electron chi connectivity index (χ3n) is 3.59. The van der Waals surface area contributed by atoms with E-state index in [1.54, 1.807) is 20.8 Å². The Morgan fingerprint density at radius 2 is 2.00 bits per heavy atom. The molecule has 122 valence electrons. The maximum atomic E-state index is 11.9. The van der Waals surface area contributed by atoms with Gasteiger partial charge in [0.1, 0.15) is 5.60 Å². The molecule has 0 heterocycles. The van der Waals surface area contributed by atoms with Crippen LogP contribution in [-0.4, -0.2) is 41.0 Å². The molecule has 0 aromatic rings. The average Bonchev–Trinajstić information content (AvgIpc) is 2.37. The molecule has 1 fully saturated rings. The molecule has 1 atom stereocenters. The second-order valence-electron chi connectivity index (χ2n) is 6.81. The van der Waals surface area contributed by atoms with Gasteiger partial charge in [-0.05, 0) is 33.1 Å². The van der Waals surface area contributed by atoms with E-state index in [9.17, 15) is 14.8 Å². The average molecular weight is 300 g/mol. The molecule has 2 N–H and O–H groups in total. The summed E-state index contributed by atoms with van der Waals surface area (Å²) in [6.45, 7) is 5.48. The number of nitrogens with one attached hydrogen (secondary N) is 1. The van der Waals surface area contributed by atoms with E-state index < -0.39 is 11.7 Å². The molecule has 0 aromatic carbocycles. The Bertz CT molecular complexity index is 335. The molecule has 1 rings (SSSR count). The van der Waals surface area contributed by atoms with Gasteiger partial charge in [-0.1, -0.05) is 32.1 Å². The highest BCUT2D eigenvalue weighted by Crippen LogP contribution is 2.27. The lowest BCUT2D eigenvalue weighted by Crippen LogP contribution is -2.45. The van der Waals surface area contributed by atoms with Crippen LogP contribution in [0.25, 0.3) is 0 Å². The third kappa shape index (κ3) is 7.90. The SMILES string of the molecule is CC(C)(C)OC(=O)NC(CC1CCCCC1)CN(O)C=O. The lowest BCUT2D eigenvalue weighted by Gasteiger charge is -2.29. The summed E-state index contributed by atoms with van der Waals surface area (Å²) < 4.78 is 5.23. The van der Waals surface area contributed by atoms with E-state index in [-0.39, 0.29) is 12.6 Å². The van der Waals surface area contributed by atoms with Gasteiger partial charge in [0.25, 0.3) is 0 Å². The minimum atomic E-state index is -0.566. The summed E-state index contributed by atoms with van der Waals surface area (Å²) in [6, 6.07) is -0.293. The standard InChI is InChI=1S/C15H28N2O4/c1-15(2,3)21-14(19)16-13(10-17(20)11-18)9-12-7-5-4-6-8-12/h11-13,20H,4-10H2,1-3H3,(H,16,19). The number of hydrogen-bond donors (Lipinski definition) is 2. The molecule has 0 radical (unpaired) electrons. The summed E-state index contributed by atoms with van der Waals surface area (Å²) in [4.78, 5) is 22.4. The van der Waals surface area contributed by atoms with Crippen LogP contribution in [0.4, 0.5) is 4.79 Å². The van der Waals surface area contributed by atoms with Crippen LogP contribution in [-0.2, 0) is 9.53 Å². The van der Waals surface area contributed by atoms with Crippen molar-refractivity contribution in [3.05, 3.63) is 0 Å². The van der Waals surface area contributed by atoms with Crippen molar-refractivity contribution in [3.63, 3.8) is 0 Å². The van der Waals surface area contributed by atoms with Crippen molar-refractivity contribution < 1.29 is 19.5 Å². The molecular formula is C15H28N2O4. The first-order valence-corrected chi connectivity index (χ1v) is 7.70. The summed E-state index contributed by atoms with van der Waals surface area (Å²) in [5.74, 6) is 0.527. The van der Waals surface area contributed by atoms with E-state index in [1.165, 1.54) is 19.3 Å². The Balaban J connectivity index is 2.54. The Kier molecular flexibility index (Phi) is 6.95. The first-order chi connectivity index (χ1) is 9.80. The summed E-state index contributed by atoms with van der Waals surface area (Å²) in [7, 11) is 0. The van der Waals surface area contributed by atoms with Crippen molar-refractivity contribution in [2.24, 2.45) is 5.92 Å². The smallest absolute Gasteiger partial charge is 0.407 e. The van der Waals surface area contributed by atoms with Crippen molar-refractivity contribution in [2.75, 3.05) is 6.54 Å². The highest BCUT2D eigenvalue weighted by Gasteiger charge is 2.24. The maximum absolute atomic E-state index is 11.9. The predicted octanol–water partition coefficient (Wildman–Crippen LogP) is 2.70. The number of hydrogen-bond acceptors (Lipinski definition) is 4. The molecule has 2 amide bonds. The monoisotopic (exact) mass is 300 g/mol. The van der Waals surface area contributed by atoms with E-state index >= 15 is 0 Å². The van der Waals surface area contributed by atoms with Crippen molar-refractivity contribution >= 4 is 12.5 Å². The largest absolute Gasteiger partial charge is 0.444 e. The molecular weight excluding hydrogens is 272 g/mol. The normalized spacial score (nSPS) is 17.9. The fourth-order valence-corrected chi connectivity index (χ4v) is 2.75. The quantitative estimate of drug-likeness (QED) is 0.449. The molecule has 0 aliphatic heterocycles. The van der Waals surface area contributed by atoms with Crippen LogP contribution in [0.5, 0.6) is 0 Å². The lowest BCUT2D eigenvalue weighted by atomic mass is 9.85. The van der Waals surface area contributed by atoms with E-state index in [0.29, 0.717) is 17.4 Å². The molecule has 1 unspecified atom stereocenters. The first kappa shape index (κ1) is 17.8. The van der Waals surface area contributed by atoms with Crippen LogP contribution in [0.15, 0.2) is 0 Å². The zero-order valence-corrected chi connectivity index (χ0v) is 13.3. The Labute approximate surface area is 126 Å². The minimum absolute atomic E-state index is 0.0826. The molecule has 21 heavy (non-hydrogen) atoms. The molecule has 0 aromatic heterocycles. The van der Waals surface area contributed by atoms with E-state index in [2.05, 4.69) is 5.32 Å². The second-order valence-corrected chi connectivity index (χ2v) is 6.81. The van der Waals surface area contributed by atoms with Gasteiger partial charge in [-0.3, -0.25) is 10.0 Å². The number of carbonyl (C=O) groups is 2. The van der Waals surface area contributed by atoms with Crippen LogP contribution >= 0.6 is 0 Å². The zero-order valence-electron chi connectivity index (χ0n) is 13.3. The van der Waals surface area contributed by atoms with Crippen molar-refractivity contribution in [1.29, 1.82) is 0 Å². The van der Waals surface area contributed by atoms with Crippen LogP contribution in [0.3, 0.4) is 0 Å². The molecule has 0 bridgehead atoms. The molecule has 1 saturated carbocycles. The van der Waals surface area contributed by atoms with E-state index in [1.807, 2.05) is 0 Å². The summed E-state index contributed by atoms with van der Waals surface area (Å²) in [6.07, 6.45) is 6.55. The number of alkyl carbamates (subject to hydrolysis) is 1. The molecule has 1 aliphatic carbocycles. The first-order valence-electron chi connectivity index (χ1n) is 7.70. The topological polar surface area (TPSA) is 78.9 Å². The van der Waals surface area contributed by atoms with Crippen LogP contribution in [0.2, 0.25) is 0 Å². The van der Waals surface area contributed by atoms with Crippen LogP contribution < -0.4 is 5.32 Å². The van der Waals surface area contributed by atoms with Gasteiger partial charge in [0.15, 0.2) is 0 Å². The van der Waals surface area contributed by atoms with E-state index in [0.717, 1.165) is 19.3 Å². The van der Waals surface area contributed by atoms with Crippen LogP contribution in [0.1, 0.15) is 59.3 Å². The number of carbonyl (C=O) groups excluding carboxylic acids is 2. The third-order valence-corrected chi connectivity index (χ3v) is 3.59. The van der Waals surface area contributed by atoms with Gasteiger partial charge in [0.05, 0.1) is 12.6 Å². The Morgan fingerprint density at radius 1 is 1.38 bits per heavy atom. The molecule has 0 saturated heterocycles. The molecule has 6 heteroatoms. The van der Waals surface area contributed by atoms with Gasteiger partial charge in [0.2, 0.25) is 6.41 Å². The van der Waals surface area contributed by atoms with Gasteiger partial charge in [0, 0.05) is 0 Å². The number of hydroxylamine groups is 2. The van der Waals surface area contributed by atoms with Gasteiger partial charge < -0.3 is 10.1 Å². The maximum Gasteiger partial charge on any atom is 0.407 e. The number of amides is 2. The van der Waals surface area contributed by atoms with E-state index in [4.69, 9.17) is 4.74 Å². The molecule has 1 aliphatic rings. The fourth-order valence-electron chi connectivity index (χ4n) is 2.75. The molecule has 6 nitrogen and oxygen atoms in total. The van der Waals surface area contributed by atoms with Gasteiger partial charge in [-0.25, -0.2) is 9.86 Å². The highest BCUT2D eigenvalue weighted by atomic mass is 16.6. The predicted molar refractivity (Wildman–Crippen MR) is 78.9 cm³/mol. The van der Waals surface area contributed by atoms with Gasteiger partial charge >= 0.3 is 6.09 Å². The number of nitrogens with zero attached hydrogens (tertiary/aromatic N) is 1. The number of ether oxygens (including phenoxy) is 1. The van der Waals surface area contributed by atoms with Crippen molar-refractivity contribution in [3.8, 4) is 0 Å². The minimum Gasteiger partial charge on any atom is -0.444 e. The zero-order chi connectivity index (χ0) is 15.9. The Morgan fingerprint density at radius 3 is 2.52 bits per heavy atom. The summed E-state index contributed by atoms with van der Waals surface area (Å²) in [5, 5.41) is 12.7. The highest BCUT2D eigenvalue weighted by molar-refractivity contribution is 5.68. The van der Waals surface area contributed by atoms with Crippen LogP contribution in [0, 0.1) is 5.92 Å². The molecule has 0 spiro atoms. The van der Waals surface area contributed by atoms with Gasteiger partial charge in [-0.15, -0.1) is 0 Å². The van der Waals surface area contributed by atoms with Crippen molar-refractivity contribution in [2.45, 2.75) is 70.9 Å². The summed E-state index contributed by atoms with van der Waals surface area (Å²) in [5.41, 5.74) is -0.566.